The zero-order valence-corrected chi connectivity index (χ0v) is 12.6. The Morgan fingerprint density at radius 1 is 1.29 bits per heavy atom. The number of hydrogen-bond donors (Lipinski definition) is 0. The van der Waals surface area contributed by atoms with Crippen molar-refractivity contribution in [1.29, 1.82) is 0 Å². The van der Waals surface area contributed by atoms with Gasteiger partial charge in [-0.3, -0.25) is 9.59 Å². The Balaban J connectivity index is 2.64. The first kappa shape index (κ1) is 17.8. The van der Waals surface area contributed by atoms with Crippen molar-refractivity contribution in [1.82, 2.24) is 4.90 Å². The molecular formula is C14H22F3NO3. The summed E-state index contributed by atoms with van der Waals surface area (Å²) >= 11 is 0. The summed E-state index contributed by atoms with van der Waals surface area (Å²) in [5, 5.41) is 0. The number of piperidine rings is 1. The fourth-order valence-electron chi connectivity index (χ4n) is 2.54. The quantitative estimate of drug-likeness (QED) is 0.750. The summed E-state index contributed by atoms with van der Waals surface area (Å²) in [6.07, 6.45) is -2.56. The molecule has 0 bridgehead atoms. The van der Waals surface area contributed by atoms with E-state index in [9.17, 15) is 22.8 Å². The van der Waals surface area contributed by atoms with Gasteiger partial charge in [-0.2, -0.15) is 13.2 Å². The lowest BCUT2D eigenvalue weighted by Crippen LogP contribution is -2.48. The van der Waals surface area contributed by atoms with E-state index in [-0.39, 0.29) is 13.1 Å². The molecule has 0 aromatic carbocycles. The number of rotatable bonds is 4. The third kappa shape index (κ3) is 5.21. The van der Waals surface area contributed by atoms with Crippen LogP contribution in [-0.2, 0) is 14.3 Å². The van der Waals surface area contributed by atoms with Crippen LogP contribution in [0, 0.1) is 5.92 Å². The normalized spacial score (nSPS) is 20.3. The van der Waals surface area contributed by atoms with Crippen LogP contribution >= 0.6 is 0 Å². The van der Waals surface area contributed by atoms with Gasteiger partial charge in [0, 0.05) is 13.1 Å². The van der Waals surface area contributed by atoms with Crippen molar-refractivity contribution in [3.05, 3.63) is 0 Å². The zero-order valence-electron chi connectivity index (χ0n) is 12.6. The predicted octanol–water partition coefficient (Wildman–Crippen LogP) is 2.91. The minimum atomic E-state index is -4.90. The Kier molecular flexibility index (Phi) is 5.64. The number of ether oxygens (including phenoxy) is 1. The first-order valence-corrected chi connectivity index (χ1v) is 7.16. The molecule has 7 heteroatoms. The second-order valence-electron chi connectivity index (χ2n) is 6.02. The van der Waals surface area contributed by atoms with E-state index in [1.54, 1.807) is 13.8 Å². The maximum Gasteiger partial charge on any atom is 0.471 e. The number of halogens is 3. The molecule has 0 aliphatic carbocycles. The van der Waals surface area contributed by atoms with Gasteiger partial charge in [0.2, 0.25) is 0 Å². The molecule has 1 aliphatic rings. The molecule has 1 rings (SSSR count). The van der Waals surface area contributed by atoms with Gasteiger partial charge in [0.1, 0.15) is 5.60 Å². The van der Waals surface area contributed by atoms with Crippen molar-refractivity contribution in [3.8, 4) is 0 Å². The van der Waals surface area contributed by atoms with Crippen LogP contribution in [0.5, 0.6) is 0 Å². The summed E-state index contributed by atoms with van der Waals surface area (Å²) in [5.41, 5.74) is -0.637. The van der Waals surface area contributed by atoms with Gasteiger partial charge in [-0.1, -0.05) is 13.3 Å². The highest BCUT2D eigenvalue weighted by Crippen LogP contribution is 2.26. The largest absolute Gasteiger partial charge is 0.471 e. The van der Waals surface area contributed by atoms with E-state index in [0.29, 0.717) is 24.2 Å². The van der Waals surface area contributed by atoms with Crippen molar-refractivity contribution >= 4 is 11.9 Å². The summed E-state index contributed by atoms with van der Waals surface area (Å²) < 4.78 is 42.7. The molecule has 4 nitrogen and oxygen atoms in total. The highest BCUT2D eigenvalue weighted by Gasteiger charge is 2.44. The van der Waals surface area contributed by atoms with Crippen LogP contribution in [0.4, 0.5) is 13.2 Å². The maximum absolute atomic E-state index is 12.4. The smallest absolute Gasteiger partial charge is 0.459 e. The molecule has 122 valence electrons. The van der Waals surface area contributed by atoms with Crippen molar-refractivity contribution in [2.24, 2.45) is 5.92 Å². The topological polar surface area (TPSA) is 46.6 Å². The predicted molar refractivity (Wildman–Crippen MR) is 70.4 cm³/mol. The van der Waals surface area contributed by atoms with Gasteiger partial charge in [-0.15, -0.1) is 0 Å². The highest BCUT2D eigenvalue weighted by molar-refractivity contribution is 5.83. The van der Waals surface area contributed by atoms with Crippen molar-refractivity contribution < 1.29 is 27.5 Å². The van der Waals surface area contributed by atoms with E-state index < -0.39 is 29.6 Å². The first-order valence-electron chi connectivity index (χ1n) is 7.16. The summed E-state index contributed by atoms with van der Waals surface area (Å²) in [6.45, 7) is 5.31. The van der Waals surface area contributed by atoms with Crippen LogP contribution in [0.25, 0.3) is 0 Å². The number of esters is 1. The van der Waals surface area contributed by atoms with Crippen molar-refractivity contribution in [2.45, 2.75) is 58.2 Å². The summed E-state index contributed by atoms with van der Waals surface area (Å²) in [4.78, 5) is 24.0. The van der Waals surface area contributed by atoms with E-state index in [1.807, 2.05) is 6.92 Å². The van der Waals surface area contributed by atoms with Crippen molar-refractivity contribution in [2.75, 3.05) is 13.1 Å². The van der Waals surface area contributed by atoms with Gasteiger partial charge in [-0.05, 0) is 33.1 Å². The third-order valence-corrected chi connectivity index (χ3v) is 3.51. The third-order valence-electron chi connectivity index (χ3n) is 3.51. The van der Waals surface area contributed by atoms with E-state index >= 15 is 0 Å². The molecule has 0 radical (unpaired) electrons. The molecule has 21 heavy (non-hydrogen) atoms. The molecule has 1 amide bonds. The second-order valence-corrected chi connectivity index (χ2v) is 6.02. The van der Waals surface area contributed by atoms with Gasteiger partial charge in [0.25, 0.3) is 0 Å². The van der Waals surface area contributed by atoms with E-state index in [4.69, 9.17) is 4.74 Å². The van der Waals surface area contributed by atoms with Crippen LogP contribution in [0.1, 0.15) is 46.5 Å². The summed E-state index contributed by atoms with van der Waals surface area (Å²) in [5.74, 6) is -3.08. The average Bonchev–Trinajstić information content (AvgIpc) is 2.36. The Bertz CT molecular complexity index is 393. The summed E-state index contributed by atoms with van der Waals surface area (Å²) in [7, 11) is 0. The maximum atomic E-state index is 12.4. The molecule has 0 spiro atoms. The molecule has 0 unspecified atom stereocenters. The standard InChI is InChI=1S/C14H22F3NO3/c1-4-7-13(2,3)21-11(19)10-6-5-8-18(9-10)12(20)14(15,16)17/h10H,4-9H2,1-3H3/t10-/m0/s1. The number of carbonyl (C=O) groups is 2. The number of likely N-dealkylation sites (tertiary alicyclic amines) is 1. The molecular weight excluding hydrogens is 287 g/mol. The molecule has 1 heterocycles. The Hall–Kier alpha value is -1.27. The van der Waals surface area contributed by atoms with Crippen LogP contribution in [0.2, 0.25) is 0 Å². The number of hydrogen-bond acceptors (Lipinski definition) is 3. The first-order chi connectivity index (χ1) is 9.57. The minimum absolute atomic E-state index is 0.0283. The van der Waals surface area contributed by atoms with E-state index in [0.717, 1.165) is 6.42 Å². The van der Waals surface area contributed by atoms with Gasteiger partial charge in [0.05, 0.1) is 5.92 Å². The number of nitrogens with zero attached hydrogens (tertiary/aromatic N) is 1. The lowest BCUT2D eigenvalue weighted by atomic mass is 9.97. The van der Waals surface area contributed by atoms with Gasteiger partial charge in [-0.25, -0.2) is 0 Å². The molecule has 0 aromatic heterocycles. The monoisotopic (exact) mass is 309 g/mol. The van der Waals surface area contributed by atoms with E-state index in [2.05, 4.69) is 0 Å². The number of amides is 1. The van der Waals surface area contributed by atoms with Crippen LogP contribution in [-0.4, -0.2) is 41.6 Å². The molecule has 1 fully saturated rings. The van der Waals surface area contributed by atoms with Crippen LogP contribution < -0.4 is 0 Å². The van der Waals surface area contributed by atoms with E-state index in [1.165, 1.54) is 0 Å². The number of alkyl halides is 3. The zero-order chi connectivity index (χ0) is 16.3. The second kappa shape index (κ2) is 6.66. The fourth-order valence-corrected chi connectivity index (χ4v) is 2.54. The lowest BCUT2D eigenvalue weighted by molar-refractivity contribution is -0.188. The average molecular weight is 309 g/mol. The SMILES string of the molecule is CCCC(C)(C)OC(=O)[C@H]1CCCN(C(=O)C(F)(F)F)C1. The minimum Gasteiger partial charge on any atom is -0.459 e. The Morgan fingerprint density at radius 2 is 1.90 bits per heavy atom. The van der Waals surface area contributed by atoms with Crippen LogP contribution in [0.3, 0.4) is 0 Å². The van der Waals surface area contributed by atoms with Crippen molar-refractivity contribution in [3.63, 3.8) is 0 Å². The molecule has 0 N–H and O–H groups in total. The molecule has 0 aromatic rings. The fraction of sp³-hybridized carbons (Fsp3) is 0.857. The summed E-state index contributed by atoms with van der Waals surface area (Å²) in [6, 6.07) is 0. The highest BCUT2D eigenvalue weighted by atomic mass is 19.4. The molecule has 1 atom stereocenters. The van der Waals surface area contributed by atoms with Gasteiger partial charge >= 0.3 is 18.1 Å². The number of carbonyl (C=O) groups excluding carboxylic acids is 2. The Morgan fingerprint density at radius 3 is 2.43 bits per heavy atom. The molecule has 1 saturated heterocycles. The van der Waals surface area contributed by atoms with Gasteiger partial charge < -0.3 is 9.64 Å². The Labute approximate surface area is 122 Å². The lowest BCUT2D eigenvalue weighted by Gasteiger charge is -2.34. The molecule has 1 aliphatic heterocycles. The van der Waals surface area contributed by atoms with Crippen LogP contribution in [0.15, 0.2) is 0 Å². The van der Waals surface area contributed by atoms with Gasteiger partial charge in [0.15, 0.2) is 0 Å². The molecule has 0 saturated carbocycles.